The summed E-state index contributed by atoms with van der Waals surface area (Å²) >= 11 is 0. The number of carbonyl (C=O) groups is 1. The maximum atomic E-state index is 11.9. The van der Waals surface area contributed by atoms with E-state index in [-0.39, 0.29) is 5.91 Å². The van der Waals surface area contributed by atoms with E-state index in [9.17, 15) is 4.79 Å². The minimum Gasteiger partial charge on any atom is -0.497 e. The van der Waals surface area contributed by atoms with Crippen molar-refractivity contribution >= 4 is 11.6 Å². The van der Waals surface area contributed by atoms with Gasteiger partial charge in [0.25, 0.3) is 5.91 Å². The number of rotatable bonds is 3. The summed E-state index contributed by atoms with van der Waals surface area (Å²) in [6.45, 7) is 1.74. The second kappa shape index (κ2) is 5.27. The molecular formula is C13H13N3O2. The van der Waals surface area contributed by atoms with Crippen molar-refractivity contribution in [3.8, 4) is 5.75 Å². The number of hydrogen-bond donors (Lipinski definition) is 1. The zero-order valence-corrected chi connectivity index (χ0v) is 10.2. The van der Waals surface area contributed by atoms with Crippen molar-refractivity contribution in [1.82, 2.24) is 9.97 Å². The van der Waals surface area contributed by atoms with Gasteiger partial charge in [0.05, 0.1) is 7.11 Å². The largest absolute Gasteiger partial charge is 0.497 e. The third-order valence-electron chi connectivity index (χ3n) is 2.34. The van der Waals surface area contributed by atoms with Gasteiger partial charge in [-0.05, 0) is 25.1 Å². The van der Waals surface area contributed by atoms with Crippen LogP contribution in [0.3, 0.4) is 0 Å². The van der Waals surface area contributed by atoms with E-state index in [0.717, 1.165) is 0 Å². The summed E-state index contributed by atoms with van der Waals surface area (Å²) in [4.78, 5) is 19.9. The second-order valence-electron chi connectivity index (χ2n) is 3.68. The molecule has 0 unspecified atom stereocenters. The Morgan fingerprint density at radius 1 is 1.33 bits per heavy atom. The number of methoxy groups -OCH3 is 1. The third kappa shape index (κ3) is 2.82. The van der Waals surface area contributed by atoms with Crippen molar-refractivity contribution in [2.24, 2.45) is 0 Å². The second-order valence-corrected chi connectivity index (χ2v) is 3.68. The third-order valence-corrected chi connectivity index (χ3v) is 2.34. The summed E-state index contributed by atoms with van der Waals surface area (Å²) < 4.78 is 5.08. The van der Waals surface area contributed by atoms with Gasteiger partial charge < -0.3 is 10.1 Å². The Bertz CT molecular complexity index is 570. The highest BCUT2D eigenvalue weighted by molar-refractivity contribution is 6.02. The molecule has 5 nitrogen and oxygen atoms in total. The first-order valence-corrected chi connectivity index (χ1v) is 5.44. The van der Waals surface area contributed by atoms with E-state index < -0.39 is 0 Å². The molecule has 92 valence electrons. The van der Waals surface area contributed by atoms with Gasteiger partial charge in [-0.25, -0.2) is 9.97 Å². The lowest BCUT2D eigenvalue weighted by Crippen LogP contribution is -2.14. The molecule has 1 N–H and O–H groups in total. The van der Waals surface area contributed by atoms with Crippen LogP contribution >= 0.6 is 0 Å². The maximum Gasteiger partial charge on any atom is 0.274 e. The normalized spacial score (nSPS) is 9.89. The minimum atomic E-state index is -0.270. The van der Waals surface area contributed by atoms with Gasteiger partial charge in [-0.1, -0.05) is 6.07 Å². The molecule has 1 heterocycles. The van der Waals surface area contributed by atoms with Crippen molar-refractivity contribution in [3.05, 3.63) is 48.0 Å². The summed E-state index contributed by atoms with van der Waals surface area (Å²) in [5.41, 5.74) is 1.00. The number of aryl methyl sites for hydroxylation is 1. The number of amides is 1. The van der Waals surface area contributed by atoms with Gasteiger partial charge in [0.1, 0.15) is 17.3 Å². The van der Waals surface area contributed by atoms with E-state index in [2.05, 4.69) is 15.3 Å². The molecule has 0 aliphatic rings. The molecule has 2 rings (SSSR count). The van der Waals surface area contributed by atoms with Crippen LogP contribution in [0.1, 0.15) is 16.3 Å². The molecule has 0 saturated carbocycles. The number of anilines is 1. The predicted octanol–water partition coefficient (Wildman–Crippen LogP) is 2.05. The summed E-state index contributed by atoms with van der Waals surface area (Å²) in [5, 5.41) is 2.75. The van der Waals surface area contributed by atoms with E-state index in [1.54, 1.807) is 44.5 Å². The number of hydrogen-bond acceptors (Lipinski definition) is 4. The lowest BCUT2D eigenvalue weighted by Gasteiger charge is -2.06. The van der Waals surface area contributed by atoms with Crippen molar-refractivity contribution in [1.29, 1.82) is 0 Å². The highest BCUT2D eigenvalue weighted by atomic mass is 16.5. The van der Waals surface area contributed by atoms with Crippen LogP contribution < -0.4 is 10.1 Å². The van der Waals surface area contributed by atoms with Crippen LogP contribution in [-0.2, 0) is 0 Å². The zero-order chi connectivity index (χ0) is 13.0. The van der Waals surface area contributed by atoms with Crippen LogP contribution in [0, 0.1) is 6.92 Å². The molecule has 0 fully saturated rings. The fourth-order valence-corrected chi connectivity index (χ4v) is 1.48. The molecule has 0 aliphatic carbocycles. The molecule has 1 aromatic heterocycles. The van der Waals surface area contributed by atoms with Crippen LogP contribution in [0.4, 0.5) is 5.69 Å². The van der Waals surface area contributed by atoms with E-state index in [1.807, 2.05) is 6.07 Å². The smallest absolute Gasteiger partial charge is 0.274 e. The Kier molecular flexibility index (Phi) is 3.52. The molecule has 1 amide bonds. The molecule has 0 saturated heterocycles. The van der Waals surface area contributed by atoms with Crippen LogP contribution in [-0.4, -0.2) is 23.0 Å². The molecular weight excluding hydrogens is 230 g/mol. The number of benzene rings is 1. The summed E-state index contributed by atoms with van der Waals surface area (Å²) in [5.74, 6) is 0.980. The first-order valence-electron chi connectivity index (χ1n) is 5.44. The summed E-state index contributed by atoms with van der Waals surface area (Å²) in [7, 11) is 1.58. The molecule has 0 radical (unpaired) electrons. The van der Waals surface area contributed by atoms with Gasteiger partial charge in [-0.3, -0.25) is 4.79 Å². The van der Waals surface area contributed by atoms with Crippen LogP contribution in [0.2, 0.25) is 0 Å². The van der Waals surface area contributed by atoms with Crippen molar-refractivity contribution in [2.75, 3.05) is 12.4 Å². The predicted molar refractivity (Wildman–Crippen MR) is 67.7 cm³/mol. The van der Waals surface area contributed by atoms with E-state index in [1.165, 1.54) is 0 Å². The first-order chi connectivity index (χ1) is 8.69. The molecule has 18 heavy (non-hydrogen) atoms. The van der Waals surface area contributed by atoms with Gasteiger partial charge in [-0.2, -0.15) is 0 Å². The van der Waals surface area contributed by atoms with Crippen LogP contribution in [0.5, 0.6) is 5.75 Å². The molecule has 0 bridgehead atoms. The Morgan fingerprint density at radius 2 is 2.17 bits per heavy atom. The molecule has 0 atom stereocenters. The monoisotopic (exact) mass is 243 g/mol. The Balaban J connectivity index is 2.16. The molecule has 0 aliphatic heterocycles. The average molecular weight is 243 g/mol. The van der Waals surface area contributed by atoms with E-state index in [4.69, 9.17) is 4.74 Å². The van der Waals surface area contributed by atoms with Crippen molar-refractivity contribution in [3.63, 3.8) is 0 Å². The summed E-state index contributed by atoms with van der Waals surface area (Å²) in [6, 6.07) is 8.72. The lowest BCUT2D eigenvalue weighted by molar-refractivity contribution is 0.102. The van der Waals surface area contributed by atoms with Crippen molar-refractivity contribution < 1.29 is 9.53 Å². The van der Waals surface area contributed by atoms with Crippen molar-refractivity contribution in [2.45, 2.75) is 6.92 Å². The molecule has 5 heteroatoms. The van der Waals surface area contributed by atoms with E-state index in [0.29, 0.717) is 23.0 Å². The van der Waals surface area contributed by atoms with Gasteiger partial charge in [0, 0.05) is 18.0 Å². The fourth-order valence-electron chi connectivity index (χ4n) is 1.48. The number of nitrogens with zero attached hydrogens (tertiary/aromatic N) is 2. The molecule has 1 aromatic carbocycles. The Labute approximate surface area is 105 Å². The number of aromatic nitrogens is 2. The summed E-state index contributed by atoms with van der Waals surface area (Å²) in [6.07, 6.45) is 1.56. The first kappa shape index (κ1) is 12.0. The highest BCUT2D eigenvalue weighted by Gasteiger charge is 2.08. The van der Waals surface area contributed by atoms with Gasteiger partial charge in [-0.15, -0.1) is 0 Å². The minimum absolute atomic E-state index is 0.270. The average Bonchev–Trinajstić information content (AvgIpc) is 2.39. The van der Waals surface area contributed by atoms with Gasteiger partial charge >= 0.3 is 0 Å². The number of carbonyl (C=O) groups excluding carboxylic acids is 1. The van der Waals surface area contributed by atoms with Crippen LogP contribution in [0.25, 0.3) is 0 Å². The van der Waals surface area contributed by atoms with E-state index >= 15 is 0 Å². The fraction of sp³-hybridized carbons (Fsp3) is 0.154. The molecule has 2 aromatic rings. The Morgan fingerprint density at radius 3 is 2.89 bits per heavy atom. The number of nitrogens with one attached hydrogen (secondary N) is 1. The SMILES string of the molecule is COc1cccc(NC(=O)c2ccnc(C)n2)c1. The zero-order valence-electron chi connectivity index (χ0n) is 10.2. The van der Waals surface area contributed by atoms with Gasteiger partial charge in [0.15, 0.2) is 0 Å². The van der Waals surface area contributed by atoms with Crippen LogP contribution in [0.15, 0.2) is 36.5 Å². The maximum absolute atomic E-state index is 11.9. The van der Waals surface area contributed by atoms with Gasteiger partial charge in [0.2, 0.25) is 0 Å². The lowest BCUT2D eigenvalue weighted by atomic mass is 10.3. The molecule has 0 spiro atoms. The number of ether oxygens (including phenoxy) is 1. The standard InChI is InChI=1S/C13H13N3O2/c1-9-14-7-6-12(15-9)13(17)16-10-4-3-5-11(8-10)18-2/h3-8H,1-2H3,(H,16,17). The quantitative estimate of drug-likeness (QED) is 0.896. The highest BCUT2D eigenvalue weighted by Crippen LogP contribution is 2.17. The Hall–Kier alpha value is -2.43. The topological polar surface area (TPSA) is 64.1 Å².